The van der Waals surface area contributed by atoms with Crippen LogP contribution >= 0.6 is 34.4 Å². The number of nitrogen functional groups attached to an aromatic ring is 1. The van der Waals surface area contributed by atoms with Crippen molar-refractivity contribution in [3.05, 3.63) is 56.0 Å². The number of anilines is 1. The Morgan fingerprint density at radius 2 is 2.23 bits per heavy atom. The lowest BCUT2D eigenvalue weighted by atomic mass is 9.98. The highest BCUT2D eigenvalue weighted by molar-refractivity contribution is 7.99. The number of thiophene rings is 2. The predicted molar refractivity (Wildman–Crippen MR) is 108 cm³/mol. The molecule has 134 valence electrons. The summed E-state index contributed by atoms with van der Waals surface area (Å²) in [6.45, 7) is 2.62. The van der Waals surface area contributed by atoms with Gasteiger partial charge in [0.1, 0.15) is 5.82 Å². The van der Waals surface area contributed by atoms with E-state index in [1.165, 1.54) is 27.1 Å². The molecule has 3 aromatic heterocycles. The van der Waals surface area contributed by atoms with Gasteiger partial charge in [0.15, 0.2) is 5.16 Å². The number of carbonyl (C=O) groups excluding carboxylic acids is 1. The molecular formula is C18H18N4OS3. The van der Waals surface area contributed by atoms with Crippen LogP contribution < -0.4 is 5.73 Å². The van der Waals surface area contributed by atoms with E-state index in [2.05, 4.69) is 32.9 Å². The predicted octanol–water partition coefficient (Wildman–Crippen LogP) is 3.76. The average molecular weight is 403 g/mol. The SMILES string of the molecule is Cc1cc(N)nc(SCC(=O)N2CCc3sccc3C2c2cccs2)n1. The molecule has 1 unspecified atom stereocenters. The number of nitrogens with zero attached hydrogens (tertiary/aromatic N) is 3. The monoisotopic (exact) mass is 402 g/mol. The van der Waals surface area contributed by atoms with Gasteiger partial charge in [-0.2, -0.15) is 0 Å². The number of thioether (sulfide) groups is 1. The Hall–Kier alpha value is -1.90. The molecule has 0 spiro atoms. The lowest BCUT2D eigenvalue weighted by Gasteiger charge is -2.35. The van der Waals surface area contributed by atoms with Crippen molar-refractivity contribution in [3.63, 3.8) is 0 Å². The molecular weight excluding hydrogens is 384 g/mol. The van der Waals surface area contributed by atoms with Crippen LogP contribution in [0.3, 0.4) is 0 Å². The van der Waals surface area contributed by atoms with Gasteiger partial charge in [-0.1, -0.05) is 17.8 Å². The van der Waals surface area contributed by atoms with E-state index >= 15 is 0 Å². The van der Waals surface area contributed by atoms with Gasteiger partial charge < -0.3 is 10.6 Å². The fourth-order valence-corrected chi connectivity index (χ4v) is 5.73. The average Bonchev–Trinajstić information content (AvgIpc) is 3.29. The number of aromatic nitrogens is 2. The minimum atomic E-state index is 0.0154. The Labute approximate surface area is 164 Å². The summed E-state index contributed by atoms with van der Waals surface area (Å²) in [4.78, 5) is 26.2. The number of rotatable bonds is 4. The fraction of sp³-hybridized carbons (Fsp3) is 0.278. The fourth-order valence-electron chi connectivity index (χ4n) is 3.18. The van der Waals surface area contributed by atoms with Crippen LogP contribution in [0.15, 0.2) is 40.2 Å². The quantitative estimate of drug-likeness (QED) is 0.531. The third kappa shape index (κ3) is 3.49. The van der Waals surface area contributed by atoms with Crippen LogP contribution in [0, 0.1) is 6.92 Å². The van der Waals surface area contributed by atoms with Gasteiger partial charge >= 0.3 is 0 Å². The molecule has 0 radical (unpaired) electrons. The van der Waals surface area contributed by atoms with Gasteiger partial charge in [0.05, 0.1) is 11.8 Å². The normalized spacial score (nSPS) is 16.5. The second kappa shape index (κ2) is 7.38. The van der Waals surface area contributed by atoms with Crippen LogP contribution in [0.2, 0.25) is 0 Å². The molecule has 0 saturated heterocycles. The van der Waals surface area contributed by atoms with Crippen LogP contribution in [-0.4, -0.2) is 33.1 Å². The maximum atomic E-state index is 13.0. The topological polar surface area (TPSA) is 72.1 Å². The minimum absolute atomic E-state index is 0.0154. The zero-order valence-electron chi connectivity index (χ0n) is 14.2. The molecule has 2 N–H and O–H groups in total. The molecule has 8 heteroatoms. The van der Waals surface area contributed by atoms with E-state index in [1.54, 1.807) is 28.7 Å². The molecule has 1 aliphatic heterocycles. The first kappa shape index (κ1) is 17.5. The Morgan fingerprint density at radius 3 is 3.00 bits per heavy atom. The minimum Gasteiger partial charge on any atom is -0.384 e. The van der Waals surface area contributed by atoms with Crippen molar-refractivity contribution >= 4 is 46.2 Å². The molecule has 3 aromatic rings. The van der Waals surface area contributed by atoms with E-state index in [4.69, 9.17) is 5.73 Å². The number of aryl methyl sites for hydroxylation is 1. The molecule has 0 bridgehead atoms. The van der Waals surface area contributed by atoms with Gasteiger partial charge in [0, 0.05) is 28.1 Å². The second-order valence-corrected chi connectivity index (χ2v) is 8.98. The van der Waals surface area contributed by atoms with Crippen LogP contribution in [-0.2, 0) is 11.2 Å². The Balaban J connectivity index is 1.54. The molecule has 4 heterocycles. The summed E-state index contributed by atoms with van der Waals surface area (Å²) >= 11 is 4.83. The number of fused-ring (bicyclic) bond motifs is 1. The van der Waals surface area contributed by atoms with Crippen molar-refractivity contribution < 1.29 is 4.79 Å². The smallest absolute Gasteiger partial charge is 0.233 e. The van der Waals surface area contributed by atoms with Crippen molar-refractivity contribution in [2.75, 3.05) is 18.0 Å². The summed E-state index contributed by atoms with van der Waals surface area (Å²) in [5.74, 6) is 0.850. The van der Waals surface area contributed by atoms with Crippen LogP contribution in [0.1, 0.15) is 27.1 Å². The number of amides is 1. The zero-order chi connectivity index (χ0) is 18.1. The highest BCUT2D eigenvalue weighted by Gasteiger charge is 2.33. The summed E-state index contributed by atoms with van der Waals surface area (Å²) in [7, 11) is 0. The van der Waals surface area contributed by atoms with Crippen molar-refractivity contribution in [2.24, 2.45) is 0 Å². The van der Waals surface area contributed by atoms with E-state index in [-0.39, 0.29) is 11.9 Å². The van der Waals surface area contributed by atoms with E-state index in [1.807, 2.05) is 17.9 Å². The highest BCUT2D eigenvalue weighted by atomic mass is 32.2. The molecule has 5 nitrogen and oxygen atoms in total. The highest BCUT2D eigenvalue weighted by Crippen LogP contribution is 2.39. The first-order valence-corrected chi connectivity index (χ1v) is 11.0. The number of carbonyl (C=O) groups is 1. The summed E-state index contributed by atoms with van der Waals surface area (Å²) in [6.07, 6.45) is 0.916. The van der Waals surface area contributed by atoms with Gasteiger partial charge in [-0.05, 0) is 41.8 Å². The van der Waals surface area contributed by atoms with Crippen LogP contribution in [0.25, 0.3) is 0 Å². The Morgan fingerprint density at radius 1 is 1.35 bits per heavy atom. The standard InChI is InChI=1S/C18H18N4OS3/c1-11-9-15(19)21-18(20-11)26-10-16(23)22-6-4-13-12(5-8-25-13)17(22)14-3-2-7-24-14/h2-3,5,7-9,17H,4,6,10H2,1H3,(H2,19,20,21). The molecule has 0 saturated carbocycles. The van der Waals surface area contributed by atoms with Crippen LogP contribution in [0.5, 0.6) is 0 Å². The second-order valence-electron chi connectivity index (χ2n) is 6.06. The lowest BCUT2D eigenvalue weighted by molar-refractivity contribution is -0.130. The number of nitrogens with two attached hydrogens (primary N) is 1. The third-order valence-corrected chi connectivity index (χ3v) is 7.03. The molecule has 4 rings (SSSR count). The van der Waals surface area contributed by atoms with E-state index in [9.17, 15) is 4.79 Å². The van der Waals surface area contributed by atoms with Crippen molar-refractivity contribution in [1.82, 2.24) is 14.9 Å². The Kier molecular flexibility index (Phi) is 4.97. The largest absolute Gasteiger partial charge is 0.384 e. The van der Waals surface area contributed by atoms with Crippen molar-refractivity contribution in [2.45, 2.75) is 24.5 Å². The Bertz CT molecular complexity index is 902. The number of hydrogen-bond acceptors (Lipinski definition) is 7. The summed E-state index contributed by atoms with van der Waals surface area (Å²) in [5.41, 5.74) is 7.85. The molecule has 0 aromatic carbocycles. The van der Waals surface area contributed by atoms with E-state index in [0.717, 1.165) is 18.7 Å². The van der Waals surface area contributed by atoms with Gasteiger partial charge in [-0.3, -0.25) is 4.79 Å². The van der Waals surface area contributed by atoms with Gasteiger partial charge in [0.25, 0.3) is 0 Å². The maximum Gasteiger partial charge on any atom is 0.233 e. The summed E-state index contributed by atoms with van der Waals surface area (Å²) in [6, 6.07) is 8.05. The van der Waals surface area contributed by atoms with Gasteiger partial charge in [0.2, 0.25) is 5.91 Å². The third-order valence-electron chi connectivity index (χ3n) is 4.28. The molecule has 1 aliphatic rings. The molecule has 1 atom stereocenters. The van der Waals surface area contributed by atoms with Gasteiger partial charge in [-0.15, -0.1) is 22.7 Å². The molecule has 0 fully saturated rings. The van der Waals surface area contributed by atoms with Crippen molar-refractivity contribution in [3.8, 4) is 0 Å². The summed E-state index contributed by atoms with van der Waals surface area (Å²) in [5, 5.41) is 4.74. The van der Waals surface area contributed by atoms with E-state index < -0.39 is 0 Å². The molecule has 1 amide bonds. The van der Waals surface area contributed by atoms with Crippen LogP contribution in [0.4, 0.5) is 5.82 Å². The zero-order valence-corrected chi connectivity index (χ0v) is 16.7. The van der Waals surface area contributed by atoms with E-state index in [0.29, 0.717) is 16.7 Å². The van der Waals surface area contributed by atoms with Gasteiger partial charge in [-0.25, -0.2) is 9.97 Å². The number of hydrogen-bond donors (Lipinski definition) is 1. The lowest BCUT2D eigenvalue weighted by Crippen LogP contribution is -2.40. The first-order valence-electron chi connectivity index (χ1n) is 8.25. The van der Waals surface area contributed by atoms with Crippen molar-refractivity contribution in [1.29, 1.82) is 0 Å². The molecule has 26 heavy (non-hydrogen) atoms. The molecule has 0 aliphatic carbocycles. The first-order chi connectivity index (χ1) is 12.6. The maximum absolute atomic E-state index is 13.0. The summed E-state index contributed by atoms with van der Waals surface area (Å²) < 4.78 is 0.